The van der Waals surface area contributed by atoms with Crippen LogP contribution in [0.5, 0.6) is 5.75 Å². The Hall–Kier alpha value is -2.20. The van der Waals surface area contributed by atoms with Gasteiger partial charge in [0.1, 0.15) is 12.4 Å². The van der Waals surface area contributed by atoms with Crippen LogP contribution >= 0.6 is 34.8 Å². The lowest BCUT2D eigenvalue weighted by atomic mass is 10.2. The van der Waals surface area contributed by atoms with Crippen LogP contribution in [0.15, 0.2) is 71.8 Å². The second kappa shape index (κ2) is 9.65. The highest BCUT2D eigenvalue weighted by Gasteiger charge is 2.05. The van der Waals surface area contributed by atoms with E-state index in [4.69, 9.17) is 39.5 Å². The molecule has 0 unspecified atom stereocenters. The second-order valence-electron chi connectivity index (χ2n) is 5.71. The van der Waals surface area contributed by atoms with Crippen molar-refractivity contribution in [1.29, 1.82) is 0 Å². The molecule has 0 radical (unpaired) electrons. The first-order chi connectivity index (χ1) is 13.1. The maximum absolute atomic E-state index is 6.18. The zero-order valence-electron chi connectivity index (χ0n) is 14.3. The zero-order valence-corrected chi connectivity index (χ0v) is 16.6. The van der Waals surface area contributed by atoms with E-state index < -0.39 is 0 Å². The van der Waals surface area contributed by atoms with Crippen LogP contribution < -0.4 is 10.2 Å². The van der Waals surface area contributed by atoms with E-state index in [0.717, 1.165) is 22.4 Å². The van der Waals surface area contributed by atoms with E-state index in [-0.39, 0.29) is 0 Å². The van der Waals surface area contributed by atoms with Crippen molar-refractivity contribution in [3.8, 4) is 5.75 Å². The van der Waals surface area contributed by atoms with Crippen molar-refractivity contribution in [3.63, 3.8) is 0 Å². The van der Waals surface area contributed by atoms with Crippen molar-refractivity contribution >= 4 is 41.0 Å². The molecule has 138 valence electrons. The molecule has 0 bridgehead atoms. The Bertz CT molecular complexity index is 924. The molecule has 0 saturated carbocycles. The van der Waals surface area contributed by atoms with Gasteiger partial charge in [-0.1, -0.05) is 71.2 Å². The fraction of sp³-hybridized carbons (Fsp3) is 0.0952. The maximum Gasteiger partial charge on any atom is 0.128 e. The quantitative estimate of drug-likeness (QED) is 0.357. The molecule has 0 aromatic heterocycles. The Morgan fingerprint density at radius 3 is 2.26 bits per heavy atom. The summed E-state index contributed by atoms with van der Waals surface area (Å²) in [5, 5.41) is 6.15. The van der Waals surface area contributed by atoms with E-state index in [0.29, 0.717) is 28.2 Å². The average Bonchev–Trinajstić information content (AvgIpc) is 2.67. The van der Waals surface area contributed by atoms with Crippen molar-refractivity contribution in [2.75, 3.05) is 0 Å². The van der Waals surface area contributed by atoms with E-state index in [1.165, 1.54) is 0 Å². The van der Waals surface area contributed by atoms with Gasteiger partial charge in [-0.25, -0.2) is 0 Å². The number of para-hydroxylation sites is 1. The third-order valence-electron chi connectivity index (χ3n) is 3.87. The number of hydrazone groups is 1. The Morgan fingerprint density at radius 1 is 0.815 bits per heavy atom. The van der Waals surface area contributed by atoms with Crippen molar-refractivity contribution in [2.45, 2.75) is 13.2 Å². The number of rotatable bonds is 7. The topological polar surface area (TPSA) is 33.6 Å². The number of nitrogens with zero attached hydrogens (tertiary/aromatic N) is 1. The standard InChI is InChI=1S/C21H17Cl3N2O/c22-18-8-3-1-7-16(18)14-27-21-11-4-2-6-15(21)12-25-26-13-17-19(23)9-5-10-20(17)24/h1-12,26H,13-14H2/b25-12+. The maximum atomic E-state index is 6.18. The summed E-state index contributed by atoms with van der Waals surface area (Å²) in [4.78, 5) is 0. The normalized spacial score (nSPS) is 10.9. The van der Waals surface area contributed by atoms with Gasteiger partial charge in [0.15, 0.2) is 0 Å². The first-order valence-corrected chi connectivity index (χ1v) is 9.42. The fourth-order valence-electron chi connectivity index (χ4n) is 2.43. The van der Waals surface area contributed by atoms with Gasteiger partial charge in [-0.05, 0) is 30.3 Å². The van der Waals surface area contributed by atoms with Crippen LogP contribution in [0.25, 0.3) is 0 Å². The Morgan fingerprint density at radius 2 is 1.48 bits per heavy atom. The van der Waals surface area contributed by atoms with Crippen molar-refractivity contribution in [2.24, 2.45) is 5.10 Å². The highest BCUT2D eigenvalue weighted by Crippen LogP contribution is 2.24. The lowest BCUT2D eigenvalue weighted by molar-refractivity contribution is 0.306. The molecular weight excluding hydrogens is 403 g/mol. The van der Waals surface area contributed by atoms with Crippen LogP contribution in [0.3, 0.4) is 0 Å². The van der Waals surface area contributed by atoms with Gasteiger partial charge in [0.25, 0.3) is 0 Å². The van der Waals surface area contributed by atoms with Crippen molar-refractivity contribution in [1.82, 2.24) is 5.43 Å². The minimum Gasteiger partial charge on any atom is -0.488 e. The summed E-state index contributed by atoms with van der Waals surface area (Å²) in [6, 6.07) is 20.7. The predicted molar refractivity (Wildman–Crippen MR) is 113 cm³/mol. The third-order valence-corrected chi connectivity index (χ3v) is 4.95. The predicted octanol–water partition coefficient (Wildman–Crippen LogP) is 6.35. The molecular formula is C21H17Cl3N2O. The molecule has 0 fully saturated rings. The highest BCUT2D eigenvalue weighted by atomic mass is 35.5. The molecule has 0 atom stereocenters. The molecule has 27 heavy (non-hydrogen) atoms. The minimum absolute atomic E-state index is 0.382. The smallest absolute Gasteiger partial charge is 0.128 e. The van der Waals surface area contributed by atoms with E-state index in [1.807, 2.05) is 54.6 Å². The number of hydrogen-bond acceptors (Lipinski definition) is 3. The number of hydrogen-bond donors (Lipinski definition) is 1. The summed E-state index contributed by atoms with van der Waals surface area (Å²) in [6.07, 6.45) is 1.70. The fourth-order valence-corrected chi connectivity index (χ4v) is 3.15. The molecule has 3 aromatic rings. The van der Waals surface area contributed by atoms with Crippen LogP contribution in [0, 0.1) is 0 Å². The molecule has 0 aliphatic carbocycles. The SMILES string of the molecule is Clc1ccccc1COc1ccccc1/C=N/NCc1c(Cl)cccc1Cl. The van der Waals surface area contributed by atoms with Crippen LogP contribution in [-0.2, 0) is 13.2 Å². The van der Waals surface area contributed by atoms with Crippen LogP contribution in [0.2, 0.25) is 15.1 Å². The monoisotopic (exact) mass is 418 g/mol. The lowest BCUT2D eigenvalue weighted by Gasteiger charge is -2.10. The molecule has 1 N–H and O–H groups in total. The largest absolute Gasteiger partial charge is 0.488 e. The second-order valence-corrected chi connectivity index (χ2v) is 6.93. The lowest BCUT2D eigenvalue weighted by Crippen LogP contribution is -2.07. The number of benzene rings is 3. The summed E-state index contributed by atoms with van der Waals surface area (Å²) >= 11 is 18.5. The van der Waals surface area contributed by atoms with E-state index in [1.54, 1.807) is 18.3 Å². The summed E-state index contributed by atoms with van der Waals surface area (Å²) in [5.74, 6) is 0.721. The summed E-state index contributed by atoms with van der Waals surface area (Å²) in [7, 11) is 0. The van der Waals surface area contributed by atoms with Crippen LogP contribution in [0.4, 0.5) is 0 Å². The van der Waals surface area contributed by atoms with E-state index in [9.17, 15) is 0 Å². The van der Waals surface area contributed by atoms with Gasteiger partial charge in [0, 0.05) is 31.8 Å². The highest BCUT2D eigenvalue weighted by molar-refractivity contribution is 6.36. The first-order valence-electron chi connectivity index (χ1n) is 8.29. The molecule has 3 nitrogen and oxygen atoms in total. The molecule has 0 heterocycles. The number of nitrogens with one attached hydrogen (secondary N) is 1. The Kier molecular flexibility index (Phi) is 6.99. The van der Waals surface area contributed by atoms with Gasteiger partial charge < -0.3 is 10.2 Å². The van der Waals surface area contributed by atoms with Gasteiger partial charge in [0.05, 0.1) is 12.8 Å². The van der Waals surface area contributed by atoms with Gasteiger partial charge >= 0.3 is 0 Å². The molecule has 0 amide bonds. The first kappa shape index (κ1) is 19.6. The molecule has 0 saturated heterocycles. The number of halogens is 3. The molecule has 3 rings (SSSR count). The van der Waals surface area contributed by atoms with Crippen LogP contribution in [0.1, 0.15) is 16.7 Å². The van der Waals surface area contributed by atoms with Gasteiger partial charge in [-0.2, -0.15) is 5.10 Å². The molecule has 6 heteroatoms. The molecule has 0 aliphatic heterocycles. The summed E-state index contributed by atoms with van der Waals surface area (Å²) < 4.78 is 5.91. The molecule has 0 spiro atoms. The third kappa shape index (κ3) is 5.39. The van der Waals surface area contributed by atoms with Crippen molar-refractivity contribution < 1.29 is 4.74 Å². The average molecular weight is 420 g/mol. The van der Waals surface area contributed by atoms with Crippen LogP contribution in [-0.4, -0.2) is 6.21 Å². The van der Waals surface area contributed by atoms with Gasteiger partial charge in [-0.15, -0.1) is 0 Å². The van der Waals surface area contributed by atoms with E-state index in [2.05, 4.69) is 10.5 Å². The Labute approximate surface area is 173 Å². The van der Waals surface area contributed by atoms with Gasteiger partial charge in [0.2, 0.25) is 0 Å². The molecule has 3 aromatic carbocycles. The minimum atomic E-state index is 0.382. The van der Waals surface area contributed by atoms with Crippen molar-refractivity contribution in [3.05, 3.63) is 98.5 Å². The summed E-state index contributed by atoms with van der Waals surface area (Å²) in [5.41, 5.74) is 5.55. The van der Waals surface area contributed by atoms with E-state index >= 15 is 0 Å². The number of ether oxygens (including phenoxy) is 1. The Balaban J connectivity index is 1.63. The zero-order chi connectivity index (χ0) is 19.1. The van der Waals surface area contributed by atoms with Gasteiger partial charge in [-0.3, -0.25) is 0 Å². The molecule has 0 aliphatic rings. The summed E-state index contributed by atoms with van der Waals surface area (Å²) in [6.45, 7) is 0.810.